The fourth-order valence-electron chi connectivity index (χ4n) is 2.25. The third kappa shape index (κ3) is 3.45. The number of carbonyl (C=O) groups is 1. The maximum atomic E-state index is 13.7. The molecular formula is C14H18ClFN2O. The number of halogens is 2. The molecule has 5 heteroatoms. The Bertz CT molecular complexity index is 461. The minimum atomic E-state index is -0.419. The van der Waals surface area contributed by atoms with E-state index in [9.17, 15) is 9.18 Å². The summed E-state index contributed by atoms with van der Waals surface area (Å²) in [4.78, 5) is 13.9. The van der Waals surface area contributed by atoms with Gasteiger partial charge in [0.15, 0.2) is 0 Å². The molecule has 0 bridgehead atoms. The Kier molecular flexibility index (Phi) is 4.77. The van der Waals surface area contributed by atoms with Crippen molar-refractivity contribution in [3.63, 3.8) is 0 Å². The first-order valence-corrected chi connectivity index (χ1v) is 6.92. The molecule has 1 N–H and O–H groups in total. The van der Waals surface area contributed by atoms with Crippen LogP contribution in [0.4, 0.5) is 4.39 Å². The molecule has 1 aromatic rings. The number of nitrogens with one attached hydrogen (secondary N) is 1. The van der Waals surface area contributed by atoms with Crippen LogP contribution in [0.2, 0.25) is 5.02 Å². The minimum absolute atomic E-state index is 0.0833. The molecule has 1 fully saturated rings. The molecule has 1 amide bonds. The Labute approximate surface area is 117 Å². The van der Waals surface area contributed by atoms with Crippen LogP contribution in [0.15, 0.2) is 18.2 Å². The lowest BCUT2D eigenvalue weighted by molar-refractivity contribution is -0.131. The van der Waals surface area contributed by atoms with Gasteiger partial charge in [0.2, 0.25) is 5.91 Å². The highest BCUT2D eigenvalue weighted by Crippen LogP contribution is 2.18. The quantitative estimate of drug-likeness (QED) is 0.922. The predicted molar refractivity (Wildman–Crippen MR) is 73.5 cm³/mol. The topological polar surface area (TPSA) is 32.3 Å². The van der Waals surface area contributed by atoms with Crippen LogP contribution < -0.4 is 5.32 Å². The van der Waals surface area contributed by atoms with E-state index in [4.69, 9.17) is 11.6 Å². The average Bonchev–Trinajstić information content (AvgIpc) is 2.93. The van der Waals surface area contributed by atoms with Crippen LogP contribution in [-0.4, -0.2) is 29.9 Å². The van der Waals surface area contributed by atoms with Gasteiger partial charge in [-0.25, -0.2) is 4.39 Å². The number of hydrogen-bond donors (Lipinski definition) is 1. The number of likely N-dealkylation sites (tertiary alicyclic amines) is 1. The summed E-state index contributed by atoms with van der Waals surface area (Å²) in [5.74, 6) is -0.336. The van der Waals surface area contributed by atoms with Gasteiger partial charge in [0.05, 0.1) is 11.1 Å². The molecule has 0 spiro atoms. The van der Waals surface area contributed by atoms with Gasteiger partial charge in [-0.15, -0.1) is 0 Å². The normalized spacial score (nSPS) is 16.7. The molecule has 2 rings (SSSR count). The first-order valence-electron chi connectivity index (χ1n) is 6.54. The number of amides is 1. The second-order valence-electron chi connectivity index (χ2n) is 4.85. The molecule has 1 heterocycles. The van der Waals surface area contributed by atoms with Gasteiger partial charge in [-0.05, 0) is 25.8 Å². The van der Waals surface area contributed by atoms with E-state index in [1.807, 2.05) is 11.8 Å². The van der Waals surface area contributed by atoms with E-state index >= 15 is 0 Å². The predicted octanol–water partition coefficient (Wildman–Crippen LogP) is 2.58. The maximum absolute atomic E-state index is 13.7. The van der Waals surface area contributed by atoms with E-state index in [-0.39, 0.29) is 17.0 Å². The SMILES string of the molecule is CC(NCc1cccc(Cl)c1F)C(=O)N1CCCC1. The summed E-state index contributed by atoms with van der Waals surface area (Å²) < 4.78 is 13.7. The first-order chi connectivity index (χ1) is 9.09. The third-order valence-electron chi connectivity index (χ3n) is 3.42. The Morgan fingerprint density at radius 2 is 2.16 bits per heavy atom. The average molecular weight is 285 g/mol. The number of nitrogens with zero attached hydrogens (tertiary/aromatic N) is 1. The van der Waals surface area contributed by atoms with Crippen molar-refractivity contribution in [2.45, 2.75) is 32.4 Å². The van der Waals surface area contributed by atoms with Gasteiger partial charge in [0, 0.05) is 25.2 Å². The zero-order chi connectivity index (χ0) is 13.8. The Morgan fingerprint density at radius 3 is 2.84 bits per heavy atom. The Morgan fingerprint density at radius 1 is 1.47 bits per heavy atom. The first kappa shape index (κ1) is 14.3. The van der Waals surface area contributed by atoms with E-state index < -0.39 is 5.82 Å². The summed E-state index contributed by atoms with van der Waals surface area (Å²) in [5.41, 5.74) is 0.480. The Balaban J connectivity index is 1.90. The Hall–Kier alpha value is -1.13. The van der Waals surface area contributed by atoms with Crippen molar-refractivity contribution >= 4 is 17.5 Å². The van der Waals surface area contributed by atoms with Gasteiger partial charge in [0.1, 0.15) is 5.82 Å². The minimum Gasteiger partial charge on any atom is -0.341 e. The largest absolute Gasteiger partial charge is 0.341 e. The molecule has 1 aliphatic rings. The van der Waals surface area contributed by atoms with Gasteiger partial charge < -0.3 is 10.2 Å². The van der Waals surface area contributed by atoms with E-state index in [0.29, 0.717) is 12.1 Å². The van der Waals surface area contributed by atoms with E-state index in [1.54, 1.807) is 12.1 Å². The van der Waals surface area contributed by atoms with E-state index in [2.05, 4.69) is 5.32 Å². The van der Waals surface area contributed by atoms with Crippen molar-refractivity contribution in [1.82, 2.24) is 10.2 Å². The van der Waals surface area contributed by atoms with Crippen molar-refractivity contribution < 1.29 is 9.18 Å². The highest BCUT2D eigenvalue weighted by molar-refractivity contribution is 6.30. The van der Waals surface area contributed by atoms with Gasteiger partial charge in [-0.1, -0.05) is 23.7 Å². The lowest BCUT2D eigenvalue weighted by Crippen LogP contribution is -2.43. The molecule has 0 saturated carbocycles. The monoisotopic (exact) mass is 284 g/mol. The molecule has 3 nitrogen and oxygen atoms in total. The van der Waals surface area contributed by atoms with Crippen molar-refractivity contribution in [2.75, 3.05) is 13.1 Å². The zero-order valence-electron chi connectivity index (χ0n) is 11.0. The number of carbonyl (C=O) groups excluding carboxylic acids is 1. The standard InChI is InChI=1S/C14H18ClFN2O/c1-10(14(19)18-7-2-3-8-18)17-9-11-5-4-6-12(15)13(11)16/h4-6,10,17H,2-3,7-9H2,1H3. The second-order valence-corrected chi connectivity index (χ2v) is 5.26. The lowest BCUT2D eigenvalue weighted by Gasteiger charge is -2.21. The van der Waals surface area contributed by atoms with Crippen LogP contribution >= 0.6 is 11.6 Å². The van der Waals surface area contributed by atoms with Crippen LogP contribution in [0.5, 0.6) is 0 Å². The summed E-state index contributed by atoms with van der Waals surface area (Å²) >= 11 is 5.72. The molecule has 1 aliphatic heterocycles. The van der Waals surface area contributed by atoms with Crippen LogP contribution in [0, 0.1) is 5.82 Å². The fraction of sp³-hybridized carbons (Fsp3) is 0.500. The van der Waals surface area contributed by atoms with Crippen molar-refractivity contribution in [3.8, 4) is 0 Å². The molecule has 19 heavy (non-hydrogen) atoms. The molecule has 1 saturated heterocycles. The zero-order valence-corrected chi connectivity index (χ0v) is 11.7. The van der Waals surface area contributed by atoms with Crippen LogP contribution in [-0.2, 0) is 11.3 Å². The lowest BCUT2D eigenvalue weighted by atomic mass is 10.2. The summed E-state index contributed by atoms with van der Waals surface area (Å²) in [5, 5.41) is 3.16. The second kappa shape index (κ2) is 6.35. The van der Waals surface area contributed by atoms with Crippen LogP contribution in [0.1, 0.15) is 25.3 Å². The number of benzene rings is 1. The number of rotatable bonds is 4. The van der Waals surface area contributed by atoms with Gasteiger partial charge >= 0.3 is 0 Å². The van der Waals surface area contributed by atoms with Gasteiger partial charge in [-0.3, -0.25) is 4.79 Å². The maximum Gasteiger partial charge on any atom is 0.239 e. The third-order valence-corrected chi connectivity index (χ3v) is 3.71. The summed E-state index contributed by atoms with van der Waals surface area (Å²) in [6, 6.07) is 4.58. The molecule has 1 atom stereocenters. The van der Waals surface area contributed by atoms with Gasteiger partial charge in [-0.2, -0.15) is 0 Å². The van der Waals surface area contributed by atoms with Crippen molar-refractivity contribution in [1.29, 1.82) is 0 Å². The van der Waals surface area contributed by atoms with E-state index in [0.717, 1.165) is 25.9 Å². The van der Waals surface area contributed by atoms with Crippen LogP contribution in [0.3, 0.4) is 0 Å². The van der Waals surface area contributed by atoms with E-state index in [1.165, 1.54) is 6.07 Å². The molecular weight excluding hydrogens is 267 g/mol. The molecule has 0 aliphatic carbocycles. The summed E-state index contributed by atoms with van der Waals surface area (Å²) in [6.07, 6.45) is 2.14. The molecule has 1 unspecified atom stereocenters. The summed E-state index contributed by atoms with van der Waals surface area (Å²) in [6.45, 7) is 3.77. The molecule has 104 valence electrons. The van der Waals surface area contributed by atoms with Crippen LogP contribution in [0.25, 0.3) is 0 Å². The highest BCUT2D eigenvalue weighted by Gasteiger charge is 2.22. The van der Waals surface area contributed by atoms with Crippen molar-refractivity contribution in [3.05, 3.63) is 34.6 Å². The smallest absolute Gasteiger partial charge is 0.239 e. The van der Waals surface area contributed by atoms with Crippen molar-refractivity contribution in [2.24, 2.45) is 0 Å². The molecule has 0 aromatic heterocycles. The summed E-state index contributed by atoms with van der Waals surface area (Å²) in [7, 11) is 0. The molecule has 1 aromatic carbocycles. The fourth-order valence-corrected chi connectivity index (χ4v) is 2.44. The highest BCUT2D eigenvalue weighted by atomic mass is 35.5. The number of hydrogen-bond acceptors (Lipinski definition) is 2. The van der Waals surface area contributed by atoms with Gasteiger partial charge in [0.25, 0.3) is 0 Å². The molecule has 0 radical (unpaired) electrons.